The van der Waals surface area contributed by atoms with E-state index >= 15 is 0 Å². The van der Waals surface area contributed by atoms with Crippen LogP contribution in [0.15, 0.2) is 30.3 Å². The van der Waals surface area contributed by atoms with Crippen molar-refractivity contribution in [3.05, 3.63) is 35.9 Å². The van der Waals surface area contributed by atoms with Gasteiger partial charge in [-0.25, -0.2) is 4.39 Å². The quantitative estimate of drug-likeness (QED) is 0.448. The maximum absolute atomic E-state index is 13.4. The summed E-state index contributed by atoms with van der Waals surface area (Å²) in [7, 11) is 0. The predicted molar refractivity (Wildman–Crippen MR) is 49.8 cm³/mol. The van der Waals surface area contributed by atoms with E-state index in [1.165, 1.54) is 12.1 Å². The molecule has 0 aliphatic carbocycles. The van der Waals surface area contributed by atoms with E-state index in [0.29, 0.717) is 0 Å². The Hall–Kier alpha value is -1.14. The van der Waals surface area contributed by atoms with Gasteiger partial charge in [0.1, 0.15) is 0 Å². The Labute approximate surface area is 107 Å². The standard InChI is InChI=1S/C10H9FO4.Mg/c11-10(8(12)13,9(14)15)6-7-4-2-1-3-5-7;/h1-5H,6H2,(H,12,13)(H,14,15);/q;+2/p-2. The van der Waals surface area contributed by atoms with Crippen LogP contribution in [-0.4, -0.2) is 40.7 Å². The summed E-state index contributed by atoms with van der Waals surface area (Å²) in [6.45, 7) is 0. The van der Waals surface area contributed by atoms with Crippen molar-refractivity contribution in [3.63, 3.8) is 0 Å². The molecule has 0 aliphatic rings. The van der Waals surface area contributed by atoms with E-state index in [1.807, 2.05) is 0 Å². The van der Waals surface area contributed by atoms with Crippen molar-refractivity contribution in [3.8, 4) is 0 Å². The van der Waals surface area contributed by atoms with E-state index in [1.54, 1.807) is 18.2 Å². The van der Waals surface area contributed by atoms with Crippen molar-refractivity contribution < 1.29 is 24.2 Å². The first-order valence-corrected chi connectivity index (χ1v) is 4.12. The summed E-state index contributed by atoms with van der Waals surface area (Å²) < 4.78 is 13.4. The molecule has 1 rings (SSSR count). The molecule has 1 aromatic carbocycles. The number of hydrogen-bond acceptors (Lipinski definition) is 4. The SMILES string of the molecule is O=C([O-])C(F)(Cc1ccccc1)C(=O)[O-].[Mg+2]. The molecule has 0 unspecified atom stereocenters. The molecule has 0 saturated heterocycles. The summed E-state index contributed by atoms with van der Waals surface area (Å²) >= 11 is 0. The molecule has 4 nitrogen and oxygen atoms in total. The summed E-state index contributed by atoms with van der Waals surface area (Å²) in [6, 6.07) is 7.56. The largest absolute Gasteiger partial charge is 2.00 e. The summed E-state index contributed by atoms with van der Waals surface area (Å²) in [6.07, 6.45) is -0.807. The van der Waals surface area contributed by atoms with Crippen molar-refractivity contribution in [1.82, 2.24) is 0 Å². The van der Waals surface area contributed by atoms with Crippen molar-refractivity contribution in [2.24, 2.45) is 0 Å². The second-order valence-electron chi connectivity index (χ2n) is 3.04. The predicted octanol–water partition coefficient (Wildman–Crippen LogP) is -1.94. The Morgan fingerprint density at radius 1 is 1.12 bits per heavy atom. The van der Waals surface area contributed by atoms with E-state index in [9.17, 15) is 24.2 Å². The van der Waals surface area contributed by atoms with Gasteiger partial charge in [0.2, 0.25) is 0 Å². The number of hydrogen-bond donors (Lipinski definition) is 0. The van der Waals surface area contributed by atoms with Crippen LogP contribution in [0.4, 0.5) is 4.39 Å². The van der Waals surface area contributed by atoms with Crippen LogP contribution in [0.3, 0.4) is 0 Å². The molecular weight excluding hydrogens is 227 g/mol. The molecule has 80 valence electrons. The third kappa shape index (κ3) is 3.18. The first-order valence-electron chi connectivity index (χ1n) is 4.12. The first-order chi connectivity index (χ1) is 6.97. The van der Waals surface area contributed by atoms with Gasteiger partial charge >= 0.3 is 23.1 Å². The number of aliphatic carboxylic acids is 2. The van der Waals surface area contributed by atoms with Gasteiger partial charge in [-0.1, -0.05) is 30.3 Å². The molecule has 0 aromatic heterocycles. The zero-order valence-corrected chi connectivity index (χ0v) is 9.73. The van der Waals surface area contributed by atoms with Crippen molar-refractivity contribution in [2.45, 2.75) is 12.1 Å². The summed E-state index contributed by atoms with van der Waals surface area (Å²) in [5.41, 5.74) is -3.24. The fraction of sp³-hybridized carbons (Fsp3) is 0.200. The fourth-order valence-electron chi connectivity index (χ4n) is 1.10. The molecular formula is C10H7FMgO4. The molecule has 0 spiro atoms. The van der Waals surface area contributed by atoms with Gasteiger partial charge < -0.3 is 19.8 Å². The molecule has 0 fully saturated rings. The number of benzene rings is 1. The van der Waals surface area contributed by atoms with E-state index < -0.39 is 24.0 Å². The van der Waals surface area contributed by atoms with Gasteiger partial charge in [-0.05, 0) is 5.56 Å². The third-order valence-electron chi connectivity index (χ3n) is 1.94. The smallest absolute Gasteiger partial charge is 0.546 e. The molecule has 0 heterocycles. The fourth-order valence-corrected chi connectivity index (χ4v) is 1.10. The monoisotopic (exact) mass is 234 g/mol. The zero-order chi connectivity index (χ0) is 11.5. The molecule has 0 amide bonds. The van der Waals surface area contributed by atoms with Gasteiger partial charge in [-0.2, -0.15) is 0 Å². The number of carbonyl (C=O) groups excluding carboxylic acids is 2. The molecule has 0 bridgehead atoms. The van der Waals surface area contributed by atoms with Gasteiger partial charge in [0.05, 0.1) is 11.9 Å². The van der Waals surface area contributed by atoms with E-state index in [2.05, 4.69) is 0 Å². The van der Waals surface area contributed by atoms with Gasteiger partial charge in [0, 0.05) is 6.42 Å². The summed E-state index contributed by atoms with van der Waals surface area (Å²) in [5, 5.41) is 20.7. The minimum Gasteiger partial charge on any atom is -0.546 e. The zero-order valence-electron chi connectivity index (χ0n) is 8.31. The van der Waals surface area contributed by atoms with Crippen LogP contribution in [0.5, 0.6) is 0 Å². The van der Waals surface area contributed by atoms with Gasteiger partial charge in [0.15, 0.2) is 5.67 Å². The summed E-state index contributed by atoms with van der Waals surface area (Å²) in [5.74, 6) is -4.60. The van der Waals surface area contributed by atoms with Crippen LogP contribution in [-0.2, 0) is 16.0 Å². The van der Waals surface area contributed by atoms with Crippen molar-refractivity contribution in [2.75, 3.05) is 0 Å². The minimum absolute atomic E-state index is 0. The number of carbonyl (C=O) groups is 2. The Morgan fingerprint density at radius 2 is 1.56 bits per heavy atom. The second-order valence-corrected chi connectivity index (χ2v) is 3.04. The van der Waals surface area contributed by atoms with Crippen LogP contribution in [0.1, 0.15) is 5.56 Å². The van der Waals surface area contributed by atoms with E-state index in [4.69, 9.17) is 0 Å². The topological polar surface area (TPSA) is 80.3 Å². The molecule has 0 N–H and O–H groups in total. The Bertz CT molecular complexity index is 366. The molecule has 0 aliphatic heterocycles. The van der Waals surface area contributed by atoms with Gasteiger partial charge in [0.25, 0.3) is 0 Å². The number of alkyl halides is 1. The molecule has 0 radical (unpaired) electrons. The number of carboxylic acids is 2. The van der Waals surface area contributed by atoms with Crippen LogP contribution < -0.4 is 10.2 Å². The molecule has 16 heavy (non-hydrogen) atoms. The van der Waals surface area contributed by atoms with Gasteiger partial charge in [-0.15, -0.1) is 0 Å². The molecule has 0 saturated carbocycles. The Morgan fingerprint density at radius 3 is 1.94 bits per heavy atom. The Kier molecular flexibility index (Phi) is 5.39. The number of carboxylic acid groups (broad SMARTS) is 2. The molecule has 0 atom stereocenters. The van der Waals surface area contributed by atoms with E-state index in [0.717, 1.165) is 0 Å². The average Bonchev–Trinajstić information content (AvgIpc) is 2.18. The van der Waals surface area contributed by atoms with E-state index in [-0.39, 0.29) is 28.6 Å². The third-order valence-corrected chi connectivity index (χ3v) is 1.94. The first kappa shape index (κ1) is 14.9. The van der Waals surface area contributed by atoms with Crippen LogP contribution in [0.25, 0.3) is 0 Å². The Balaban J connectivity index is 0.00000225. The van der Waals surface area contributed by atoms with Crippen LogP contribution >= 0.6 is 0 Å². The minimum atomic E-state index is -3.48. The second kappa shape index (κ2) is 5.81. The molecule has 1 aromatic rings. The van der Waals surface area contributed by atoms with Crippen molar-refractivity contribution in [1.29, 1.82) is 0 Å². The number of halogens is 1. The van der Waals surface area contributed by atoms with Crippen LogP contribution in [0.2, 0.25) is 0 Å². The average molecular weight is 234 g/mol. The summed E-state index contributed by atoms with van der Waals surface area (Å²) in [4.78, 5) is 20.7. The number of rotatable bonds is 4. The van der Waals surface area contributed by atoms with Gasteiger partial charge in [-0.3, -0.25) is 0 Å². The van der Waals surface area contributed by atoms with Crippen molar-refractivity contribution >= 4 is 35.0 Å². The normalized spacial score (nSPS) is 10.3. The molecule has 6 heteroatoms. The van der Waals surface area contributed by atoms with Crippen LogP contribution in [0, 0.1) is 0 Å². The maximum Gasteiger partial charge on any atom is 2.00 e. The maximum atomic E-state index is 13.4.